The fourth-order valence-corrected chi connectivity index (χ4v) is 1.30. The molecule has 0 aliphatic heterocycles. The zero-order valence-corrected chi connectivity index (χ0v) is 10.9. The standard InChI is InChI=1S/C12H23N3O2/c1-12(2,3)17-9-11(16)8-13-4-6-15-7-5-14-10-15/h5,7,10-11,13,16H,4,6,8-9H2,1-3H3. The van der Waals surface area contributed by atoms with E-state index in [1.165, 1.54) is 0 Å². The molecule has 5 heteroatoms. The maximum absolute atomic E-state index is 9.66. The first-order chi connectivity index (χ1) is 7.97. The molecule has 1 aromatic heterocycles. The molecule has 1 rings (SSSR count). The maximum atomic E-state index is 9.66. The van der Waals surface area contributed by atoms with E-state index in [9.17, 15) is 5.11 Å². The highest BCUT2D eigenvalue weighted by atomic mass is 16.5. The lowest BCUT2D eigenvalue weighted by molar-refractivity contribution is -0.0478. The summed E-state index contributed by atoms with van der Waals surface area (Å²) in [5, 5.41) is 12.8. The molecule has 0 aromatic carbocycles. The van der Waals surface area contributed by atoms with Crippen LogP contribution in [0.15, 0.2) is 18.7 Å². The largest absolute Gasteiger partial charge is 0.389 e. The van der Waals surface area contributed by atoms with Gasteiger partial charge in [-0.25, -0.2) is 4.98 Å². The van der Waals surface area contributed by atoms with E-state index in [1.54, 1.807) is 12.5 Å². The van der Waals surface area contributed by atoms with Gasteiger partial charge in [-0.1, -0.05) is 0 Å². The van der Waals surface area contributed by atoms with Crippen molar-refractivity contribution in [3.63, 3.8) is 0 Å². The van der Waals surface area contributed by atoms with Crippen molar-refractivity contribution in [2.24, 2.45) is 0 Å². The Labute approximate surface area is 103 Å². The zero-order valence-electron chi connectivity index (χ0n) is 10.9. The van der Waals surface area contributed by atoms with Crippen molar-refractivity contribution in [1.29, 1.82) is 0 Å². The van der Waals surface area contributed by atoms with Gasteiger partial charge in [-0.05, 0) is 20.8 Å². The SMILES string of the molecule is CC(C)(C)OCC(O)CNCCn1ccnc1. The number of ether oxygens (including phenoxy) is 1. The summed E-state index contributed by atoms with van der Waals surface area (Å²) in [7, 11) is 0. The molecule has 2 N–H and O–H groups in total. The first-order valence-corrected chi connectivity index (χ1v) is 5.96. The van der Waals surface area contributed by atoms with Crippen molar-refractivity contribution in [1.82, 2.24) is 14.9 Å². The Morgan fingerprint density at radius 3 is 2.82 bits per heavy atom. The average molecular weight is 241 g/mol. The summed E-state index contributed by atoms with van der Waals surface area (Å²) in [5.41, 5.74) is -0.197. The van der Waals surface area contributed by atoms with Crippen LogP contribution in [-0.4, -0.2) is 46.1 Å². The smallest absolute Gasteiger partial charge is 0.0946 e. The Kier molecular flexibility index (Phi) is 5.61. The highest BCUT2D eigenvalue weighted by Crippen LogP contribution is 2.06. The van der Waals surface area contributed by atoms with E-state index < -0.39 is 6.10 Å². The van der Waals surface area contributed by atoms with Crippen molar-refractivity contribution >= 4 is 0 Å². The predicted molar refractivity (Wildman–Crippen MR) is 66.8 cm³/mol. The molecule has 0 radical (unpaired) electrons. The molecule has 1 heterocycles. The number of aliphatic hydroxyl groups excluding tert-OH is 1. The number of imidazole rings is 1. The Morgan fingerprint density at radius 2 is 2.24 bits per heavy atom. The Bertz CT molecular complexity index is 293. The first kappa shape index (κ1) is 14.2. The second kappa shape index (κ2) is 6.74. The van der Waals surface area contributed by atoms with Gasteiger partial charge in [0.15, 0.2) is 0 Å². The van der Waals surface area contributed by atoms with Crippen LogP contribution in [0.5, 0.6) is 0 Å². The van der Waals surface area contributed by atoms with Gasteiger partial charge in [0.25, 0.3) is 0 Å². The number of rotatable bonds is 7. The summed E-state index contributed by atoms with van der Waals surface area (Å²) in [5.74, 6) is 0. The third kappa shape index (κ3) is 7.10. The van der Waals surface area contributed by atoms with E-state index in [-0.39, 0.29) is 5.60 Å². The van der Waals surface area contributed by atoms with Gasteiger partial charge < -0.3 is 19.7 Å². The van der Waals surface area contributed by atoms with Crippen molar-refractivity contribution < 1.29 is 9.84 Å². The van der Waals surface area contributed by atoms with Gasteiger partial charge in [-0.2, -0.15) is 0 Å². The van der Waals surface area contributed by atoms with Crippen LogP contribution >= 0.6 is 0 Å². The molecule has 0 spiro atoms. The van der Waals surface area contributed by atoms with Gasteiger partial charge in [0, 0.05) is 32.0 Å². The number of nitrogens with one attached hydrogen (secondary N) is 1. The van der Waals surface area contributed by atoms with E-state index in [1.807, 2.05) is 31.5 Å². The predicted octanol–water partition coefficient (Wildman–Crippen LogP) is 0.649. The van der Waals surface area contributed by atoms with E-state index in [0.717, 1.165) is 13.1 Å². The van der Waals surface area contributed by atoms with Crippen LogP contribution < -0.4 is 5.32 Å². The molecule has 0 amide bonds. The molecule has 1 aromatic rings. The lowest BCUT2D eigenvalue weighted by Gasteiger charge is -2.22. The summed E-state index contributed by atoms with van der Waals surface area (Å²) in [6.07, 6.45) is 4.99. The normalized spacial score (nSPS) is 13.9. The van der Waals surface area contributed by atoms with Crippen LogP contribution in [0.2, 0.25) is 0 Å². The molecule has 1 unspecified atom stereocenters. The van der Waals surface area contributed by atoms with Crippen molar-refractivity contribution in [2.75, 3.05) is 19.7 Å². The third-order valence-electron chi connectivity index (χ3n) is 2.19. The fourth-order valence-electron chi connectivity index (χ4n) is 1.30. The van der Waals surface area contributed by atoms with Gasteiger partial charge in [0.05, 0.1) is 24.6 Å². The van der Waals surface area contributed by atoms with Gasteiger partial charge in [-0.15, -0.1) is 0 Å². The van der Waals surface area contributed by atoms with Crippen molar-refractivity contribution in [3.8, 4) is 0 Å². The summed E-state index contributed by atoms with van der Waals surface area (Å²) < 4.78 is 7.48. The van der Waals surface area contributed by atoms with Crippen LogP contribution in [0.1, 0.15) is 20.8 Å². The molecule has 17 heavy (non-hydrogen) atoms. The number of hydrogen-bond acceptors (Lipinski definition) is 4. The average Bonchev–Trinajstić information content (AvgIpc) is 2.73. The Hall–Kier alpha value is -0.910. The van der Waals surface area contributed by atoms with E-state index >= 15 is 0 Å². The molecular weight excluding hydrogens is 218 g/mol. The number of aromatic nitrogens is 2. The fraction of sp³-hybridized carbons (Fsp3) is 0.750. The molecule has 1 atom stereocenters. The summed E-state index contributed by atoms with van der Waals surface area (Å²) in [6.45, 7) is 8.51. The van der Waals surface area contributed by atoms with Crippen LogP contribution in [0.25, 0.3) is 0 Å². The van der Waals surface area contributed by atoms with Gasteiger partial charge in [-0.3, -0.25) is 0 Å². The van der Waals surface area contributed by atoms with Crippen LogP contribution in [0.3, 0.4) is 0 Å². The quantitative estimate of drug-likeness (QED) is 0.688. The first-order valence-electron chi connectivity index (χ1n) is 5.96. The monoisotopic (exact) mass is 241 g/mol. The minimum Gasteiger partial charge on any atom is -0.389 e. The highest BCUT2D eigenvalue weighted by Gasteiger charge is 2.13. The van der Waals surface area contributed by atoms with E-state index in [0.29, 0.717) is 13.2 Å². The highest BCUT2D eigenvalue weighted by molar-refractivity contribution is 4.74. The number of hydrogen-bond donors (Lipinski definition) is 2. The summed E-state index contributed by atoms with van der Waals surface area (Å²) in [6, 6.07) is 0. The lowest BCUT2D eigenvalue weighted by Crippen LogP contribution is -2.34. The van der Waals surface area contributed by atoms with Gasteiger partial charge >= 0.3 is 0 Å². The molecule has 0 aliphatic rings. The zero-order chi connectivity index (χ0) is 12.7. The molecule has 0 aliphatic carbocycles. The summed E-state index contributed by atoms with van der Waals surface area (Å²) in [4.78, 5) is 3.96. The number of nitrogens with zero attached hydrogens (tertiary/aromatic N) is 2. The molecule has 0 bridgehead atoms. The van der Waals surface area contributed by atoms with Crippen LogP contribution in [0.4, 0.5) is 0 Å². The van der Waals surface area contributed by atoms with Gasteiger partial charge in [0.2, 0.25) is 0 Å². The Balaban J connectivity index is 2.02. The molecule has 0 saturated heterocycles. The van der Waals surface area contributed by atoms with Crippen LogP contribution in [0, 0.1) is 0 Å². The Morgan fingerprint density at radius 1 is 1.47 bits per heavy atom. The molecule has 5 nitrogen and oxygen atoms in total. The lowest BCUT2D eigenvalue weighted by atomic mass is 10.2. The summed E-state index contributed by atoms with van der Waals surface area (Å²) >= 11 is 0. The molecule has 98 valence electrons. The van der Waals surface area contributed by atoms with Crippen molar-refractivity contribution in [3.05, 3.63) is 18.7 Å². The molecule has 0 fully saturated rings. The number of aliphatic hydroxyl groups is 1. The van der Waals surface area contributed by atoms with Crippen LogP contribution in [-0.2, 0) is 11.3 Å². The topological polar surface area (TPSA) is 59.3 Å². The van der Waals surface area contributed by atoms with E-state index in [2.05, 4.69) is 10.3 Å². The second-order valence-corrected chi connectivity index (χ2v) is 5.08. The minimum absolute atomic E-state index is 0.197. The third-order valence-corrected chi connectivity index (χ3v) is 2.19. The van der Waals surface area contributed by atoms with Gasteiger partial charge in [0.1, 0.15) is 0 Å². The van der Waals surface area contributed by atoms with E-state index in [4.69, 9.17) is 4.74 Å². The maximum Gasteiger partial charge on any atom is 0.0946 e. The molecular formula is C12H23N3O2. The van der Waals surface area contributed by atoms with Crippen molar-refractivity contribution in [2.45, 2.75) is 39.0 Å². The molecule has 0 saturated carbocycles. The minimum atomic E-state index is -0.461. The second-order valence-electron chi connectivity index (χ2n) is 5.08.